The predicted octanol–water partition coefficient (Wildman–Crippen LogP) is 2.41. The summed E-state index contributed by atoms with van der Waals surface area (Å²) in [6, 6.07) is 0. The molecule has 0 bridgehead atoms. The second-order valence-electron chi connectivity index (χ2n) is 7.24. The lowest BCUT2D eigenvalue weighted by atomic mass is 9.57. The number of carbonyl (C=O) groups excluding carboxylic acids is 1. The van der Waals surface area contributed by atoms with E-state index in [9.17, 15) is 4.79 Å². The summed E-state index contributed by atoms with van der Waals surface area (Å²) in [4.78, 5) is 12.2. The lowest BCUT2D eigenvalue weighted by Crippen LogP contribution is -2.65. The summed E-state index contributed by atoms with van der Waals surface area (Å²) in [6.45, 7) is 7.09. The topological polar surface area (TPSA) is 53.4 Å². The summed E-state index contributed by atoms with van der Waals surface area (Å²) in [6.07, 6.45) is 5.50. The summed E-state index contributed by atoms with van der Waals surface area (Å²) >= 11 is 0. The number of fused-ring (bicyclic) bond motifs is 1. The van der Waals surface area contributed by atoms with Crippen LogP contribution in [0.2, 0.25) is 0 Å². The zero-order valence-electron chi connectivity index (χ0n) is 14.0. The summed E-state index contributed by atoms with van der Waals surface area (Å²) < 4.78 is 13.4. The monoisotopic (exact) mass is 306 g/mol. The Morgan fingerprint density at radius 2 is 2.32 bits per heavy atom. The number of carbonyl (C=O) groups is 1. The molecule has 1 aliphatic heterocycles. The van der Waals surface area contributed by atoms with Gasteiger partial charge in [-0.3, -0.25) is 9.48 Å². The highest BCUT2D eigenvalue weighted by atomic mass is 16.6. The molecule has 3 atom stereocenters. The number of nitrogens with zero attached hydrogens (tertiary/aromatic N) is 2. The standard InChI is InChI=1S/C17H26N2O3/c1-11-12(10-19(4)18-11)7-8-14(20)22-16-13-6-5-9-21-15(13)17(16,2)3/h10,13,15-16H,5-9H2,1-4H3/t13-,15-,16+/m0/s1. The van der Waals surface area contributed by atoms with E-state index in [2.05, 4.69) is 18.9 Å². The molecule has 1 saturated heterocycles. The average Bonchev–Trinajstić information content (AvgIpc) is 2.80. The Morgan fingerprint density at radius 1 is 1.55 bits per heavy atom. The molecular formula is C17H26N2O3. The van der Waals surface area contributed by atoms with Crippen LogP contribution in [0.25, 0.3) is 0 Å². The lowest BCUT2D eigenvalue weighted by molar-refractivity contribution is -0.254. The molecule has 3 rings (SSSR count). The van der Waals surface area contributed by atoms with Crippen molar-refractivity contribution in [2.75, 3.05) is 6.61 Å². The number of esters is 1. The third-order valence-corrected chi connectivity index (χ3v) is 5.20. The van der Waals surface area contributed by atoms with E-state index in [0.717, 1.165) is 30.7 Å². The molecule has 1 aromatic rings. The normalized spacial score (nSPS) is 29.5. The maximum absolute atomic E-state index is 12.2. The summed E-state index contributed by atoms with van der Waals surface area (Å²) in [7, 11) is 1.90. The fraction of sp³-hybridized carbons (Fsp3) is 0.765. The Morgan fingerprint density at radius 3 is 3.00 bits per heavy atom. The van der Waals surface area contributed by atoms with Gasteiger partial charge in [-0.1, -0.05) is 13.8 Å². The van der Waals surface area contributed by atoms with Crippen molar-refractivity contribution in [3.05, 3.63) is 17.5 Å². The molecular weight excluding hydrogens is 280 g/mol. The van der Waals surface area contributed by atoms with E-state index in [0.29, 0.717) is 18.8 Å². The first-order valence-electron chi connectivity index (χ1n) is 8.20. The van der Waals surface area contributed by atoms with Gasteiger partial charge in [-0.05, 0) is 31.7 Å². The van der Waals surface area contributed by atoms with E-state index in [1.165, 1.54) is 0 Å². The van der Waals surface area contributed by atoms with Crippen LogP contribution in [0.5, 0.6) is 0 Å². The molecule has 2 aliphatic rings. The van der Waals surface area contributed by atoms with Crippen LogP contribution in [0.15, 0.2) is 6.20 Å². The number of hydrogen-bond acceptors (Lipinski definition) is 4. The zero-order chi connectivity index (χ0) is 15.9. The number of rotatable bonds is 4. The van der Waals surface area contributed by atoms with Crippen molar-refractivity contribution in [2.24, 2.45) is 18.4 Å². The van der Waals surface area contributed by atoms with Gasteiger partial charge in [0.15, 0.2) is 0 Å². The lowest BCUT2D eigenvalue weighted by Gasteiger charge is -2.58. The molecule has 22 heavy (non-hydrogen) atoms. The molecule has 122 valence electrons. The van der Waals surface area contributed by atoms with Gasteiger partial charge >= 0.3 is 5.97 Å². The highest BCUT2D eigenvalue weighted by Gasteiger charge is 2.60. The van der Waals surface area contributed by atoms with Gasteiger partial charge in [-0.2, -0.15) is 5.10 Å². The average molecular weight is 306 g/mol. The largest absolute Gasteiger partial charge is 0.461 e. The first kappa shape index (κ1) is 15.5. The van der Waals surface area contributed by atoms with Crippen molar-refractivity contribution < 1.29 is 14.3 Å². The first-order chi connectivity index (χ1) is 10.4. The van der Waals surface area contributed by atoms with Crippen LogP contribution in [-0.2, 0) is 27.7 Å². The minimum atomic E-state index is -0.106. The summed E-state index contributed by atoms with van der Waals surface area (Å²) in [5, 5.41) is 4.30. The van der Waals surface area contributed by atoms with Crippen LogP contribution in [-0.4, -0.2) is 34.6 Å². The van der Waals surface area contributed by atoms with E-state index in [-0.39, 0.29) is 23.6 Å². The minimum absolute atomic E-state index is 0.000273. The van der Waals surface area contributed by atoms with Crippen molar-refractivity contribution in [2.45, 2.75) is 58.7 Å². The van der Waals surface area contributed by atoms with Gasteiger partial charge in [0.2, 0.25) is 0 Å². The third-order valence-electron chi connectivity index (χ3n) is 5.20. The second-order valence-corrected chi connectivity index (χ2v) is 7.24. The Bertz CT molecular complexity index is 564. The van der Waals surface area contributed by atoms with Crippen molar-refractivity contribution >= 4 is 5.97 Å². The maximum atomic E-state index is 12.2. The number of hydrogen-bond donors (Lipinski definition) is 0. The van der Waals surface area contributed by atoms with Gasteiger partial charge in [-0.15, -0.1) is 0 Å². The van der Waals surface area contributed by atoms with Crippen molar-refractivity contribution in [3.8, 4) is 0 Å². The zero-order valence-corrected chi connectivity index (χ0v) is 14.0. The molecule has 0 unspecified atom stereocenters. The Labute approximate surface area is 132 Å². The van der Waals surface area contributed by atoms with E-state index < -0.39 is 0 Å². The smallest absolute Gasteiger partial charge is 0.306 e. The van der Waals surface area contributed by atoms with Crippen LogP contribution in [0.3, 0.4) is 0 Å². The fourth-order valence-electron chi connectivity index (χ4n) is 4.05. The fourth-order valence-corrected chi connectivity index (χ4v) is 4.05. The van der Waals surface area contributed by atoms with Gasteiger partial charge < -0.3 is 9.47 Å². The number of aryl methyl sites for hydroxylation is 3. The molecule has 2 heterocycles. The Hall–Kier alpha value is -1.36. The van der Waals surface area contributed by atoms with Gasteiger partial charge in [0.25, 0.3) is 0 Å². The van der Waals surface area contributed by atoms with Crippen LogP contribution >= 0.6 is 0 Å². The Kier molecular flexibility index (Phi) is 4.02. The molecule has 0 radical (unpaired) electrons. The number of ether oxygens (including phenoxy) is 2. The minimum Gasteiger partial charge on any atom is -0.461 e. The van der Waals surface area contributed by atoms with Crippen LogP contribution in [0, 0.1) is 18.3 Å². The quantitative estimate of drug-likeness (QED) is 0.802. The van der Waals surface area contributed by atoms with Gasteiger partial charge in [0.1, 0.15) is 6.10 Å². The molecule has 0 N–H and O–H groups in total. The van der Waals surface area contributed by atoms with Gasteiger partial charge in [0.05, 0.1) is 11.8 Å². The van der Waals surface area contributed by atoms with Gasteiger partial charge in [-0.25, -0.2) is 0 Å². The predicted molar refractivity (Wildman–Crippen MR) is 82.4 cm³/mol. The molecule has 0 amide bonds. The molecule has 1 aromatic heterocycles. The molecule has 5 nitrogen and oxygen atoms in total. The third kappa shape index (κ3) is 2.67. The van der Waals surface area contributed by atoms with E-state index in [4.69, 9.17) is 9.47 Å². The maximum Gasteiger partial charge on any atom is 0.306 e. The molecule has 0 aromatic carbocycles. The van der Waals surface area contributed by atoms with Gasteiger partial charge in [0, 0.05) is 37.6 Å². The highest BCUT2D eigenvalue weighted by Crippen LogP contribution is 2.53. The molecule has 2 fully saturated rings. The molecule has 0 spiro atoms. The highest BCUT2D eigenvalue weighted by molar-refractivity contribution is 5.70. The Balaban J connectivity index is 1.54. The number of aromatic nitrogens is 2. The van der Waals surface area contributed by atoms with Crippen LogP contribution in [0.1, 0.15) is 44.4 Å². The van der Waals surface area contributed by atoms with E-state index >= 15 is 0 Å². The van der Waals surface area contributed by atoms with Crippen LogP contribution < -0.4 is 0 Å². The van der Waals surface area contributed by atoms with E-state index in [1.807, 2.05) is 20.2 Å². The van der Waals surface area contributed by atoms with Crippen molar-refractivity contribution in [3.63, 3.8) is 0 Å². The summed E-state index contributed by atoms with van der Waals surface area (Å²) in [5.41, 5.74) is 2.04. The van der Waals surface area contributed by atoms with Crippen molar-refractivity contribution in [1.29, 1.82) is 0 Å². The SMILES string of the molecule is Cc1nn(C)cc1CCC(=O)O[C@@H]1[C@H]2CCCO[C@@H]2C1(C)C. The first-order valence-corrected chi connectivity index (χ1v) is 8.20. The van der Waals surface area contributed by atoms with Crippen molar-refractivity contribution in [1.82, 2.24) is 9.78 Å². The van der Waals surface area contributed by atoms with E-state index in [1.54, 1.807) is 4.68 Å². The van der Waals surface area contributed by atoms with Crippen LogP contribution in [0.4, 0.5) is 0 Å². The second kappa shape index (κ2) is 5.69. The summed E-state index contributed by atoms with van der Waals surface area (Å²) in [5.74, 6) is 0.276. The molecule has 1 saturated carbocycles. The molecule has 5 heteroatoms. The molecule has 1 aliphatic carbocycles.